The highest BCUT2D eigenvalue weighted by Crippen LogP contribution is 2.22. The van der Waals surface area contributed by atoms with Crippen molar-refractivity contribution in [3.05, 3.63) is 84.4 Å². The molecule has 0 aliphatic heterocycles. The summed E-state index contributed by atoms with van der Waals surface area (Å²) in [6, 6.07) is 23.6. The highest BCUT2D eigenvalue weighted by atomic mass is 16.6. The van der Waals surface area contributed by atoms with Gasteiger partial charge in [0.15, 0.2) is 6.61 Å². The molecule has 0 heterocycles. The van der Waals surface area contributed by atoms with E-state index in [-0.39, 0.29) is 6.61 Å². The maximum atomic E-state index is 11.9. The predicted molar refractivity (Wildman–Crippen MR) is 101 cm³/mol. The first-order valence-corrected chi connectivity index (χ1v) is 8.33. The summed E-state index contributed by atoms with van der Waals surface area (Å²) in [6.07, 6.45) is 0. The Kier molecular flexibility index (Phi) is 5.84. The molecule has 0 unspecified atom stereocenters. The zero-order valence-electron chi connectivity index (χ0n) is 14.8. The number of carbonyl (C=O) groups excluding carboxylic acids is 2. The number of benzene rings is 3. The Morgan fingerprint density at radius 3 is 1.96 bits per heavy atom. The van der Waals surface area contributed by atoms with Gasteiger partial charge in [0.2, 0.25) is 0 Å². The van der Waals surface area contributed by atoms with E-state index in [2.05, 4.69) is 4.74 Å². The van der Waals surface area contributed by atoms with Gasteiger partial charge in [-0.1, -0.05) is 42.5 Å². The third kappa shape index (κ3) is 4.95. The second-order valence-corrected chi connectivity index (χ2v) is 5.67. The molecule has 0 amide bonds. The molecule has 3 aromatic carbocycles. The van der Waals surface area contributed by atoms with E-state index in [1.165, 1.54) is 31.4 Å². The predicted octanol–water partition coefficient (Wildman–Crippen LogP) is 4.12. The first-order chi connectivity index (χ1) is 13.2. The summed E-state index contributed by atoms with van der Waals surface area (Å²) in [7, 11) is 1.31. The Bertz CT molecular complexity index is 900. The molecule has 0 radical (unpaired) electrons. The van der Waals surface area contributed by atoms with Gasteiger partial charge in [-0.25, -0.2) is 9.59 Å². The van der Waals surface area contributed by atoms with E-state index in [1.54, 1.807) is 12.1 Å². The van der Waals surface area contributed by atoms with Gasteiger partial charge in [0, 0.05) is 0 Å². The van der Waals surface area contributed by atoms with Crippen molar-refractivity contribution in [2.24, 2.45) is 0 Å². The van der Waals surface area contributed by atoms with Crippen LogP contribution in [0.5, 0.6) is 11.5 Å². The van der Waals surface area contributed by atoms with Gasteiger partial charge in [-0.3, -0.25) is 0 Å². The van der Waals surface area contributed by atoms with Crippen LogP contribution in [0.2, 0.25) is 0 Å². The highest BCUT2D eigenvalue weighted by Gasteiger charge is 2.09. The van der Waals surface area contributed by atoms with Crippen LogP contribution < -0.4 is 9.47 Å². The molecule has 0 bridgehead atoms. The van der Waals surface area contributed by atoms with Gasteiger partial charge >= 0.3 is 11.9 Å². The molecule has 3 aromatic rings. The van der Waals surface area contributed by atoms with Crippen LogP contribution in [0, 0.1) is 0 Å². The number of carbonyl (C=O) groups is 2. The van der Waals surface area contributed by atoms with Gasteiger partial charge in [0.05, 0.1) is 12.7 Å². The largest absolute Gasteiger partial charge is 0.482 e. The van der Waals surface area contributed by atoms with Crippen molar-refractivity contribution in [1.82, 2.24) is 0 Å². The zero-order valence-corrected chi connectivity index (χ0v) is 14.8. The minimum Gasteiger partial charge on any atom is -0.482 e. The molecule has 0 N–H and O–H groups in total. The molecule has 0 spiro atoms. The lowest BCUT2D eigenvalue weighted by Crippen LogP contribution is -2.17. The van der Waals surface area contributed by atoms with Gasteiger partial charge in [0.1, 0.15) is 11.5 Å². The van der Waals surface area contributed by atoms with Gasteiger partial charge in [-0.2, -0.15) is 0 Å². The highest BCUT2D eigenvalue weighted by molar-refractivity contribution is 5.89. The van der Waals surface area contributed by atoms with E-state index in [0.717, 1.165) is 11.1 Å². The molecule has 27 heavy (non-hydrogen) atoms. The van der Waals surface area contributed by atoms with Gasteiger partial charge in [-0.05, 0) is 47.5 Å². The van der Waals surface area contributed by atoms with E-state index in [1.807, 2.05) is 42.5 Å². The minimum atomic E-state index is -0.534. The molecular weight excluding hydrogens is 344 g/mol. The molecule has 0 atom stereocenters. The SMILES string of the molecule is COC(=O)c1ccc(OC(=O)COc2ccc(-c3ccccc3)cc2)cc1. The summed E-state index contributed by atoms with van der Waals surface area (Å²) < 4.78 is 15.3. The Hall–Kier alpha value is -3.60. The summed E-state index contributed by atoms with van der Waals surface area (Å²) in [5.74, 6) is -0.0773. The van der Waals surface area contributed by atoms with Crippen molar-refractivity contribution in [2.75, 3.05) is 13.7 Å². The van der Waals surface area contributed by atoms with Gasteiger partial charge in [-0.15, -0.1) is 0 Å². The number of esters is 2. The van der Waals surface area contributed by atoms with Gasteiger partial charge in [0.25, 0.3) is 0 Å². The maximum absolute atomic E-state index is 11.9. The fourth-order valence-corrected chi connectivity index (χ4v) is 2.45. The molecule has 0 saturated heterocycles. The van der Waals surface area contributed by atoms with Crippen LogP contribution in [-0.4, -0.2) is 25.7 Å². The van der Waals surface area contributed by atoms with Crippen molar-refractivity contribution < 1.29 is 23.8 Å². The second kappa shape index (κ2) is 8.67. The first-order valence-electron chi connectivity index (χ1n) is 8.33. The topological polar surface area (TPSA) is 61.8 Å². The van der Waals surface area contributed by atoms with Crippen LogP contribution >= 0.6 is 0 Å². The number of hydrogen-bond acceptors (Lipinski definition) is 5. The van der Waals surface area contributed by atoms with E-state index < -0.39 is 11.9 Å². The molecule has 0 aliphatic carbocycles. The molecule has 5 nitrogen and oxygen atoms in total. The summed E-state index contributed by atoms with van der Waals surface area (Å²) in [5.41, 5.74) is 2.56. The average Bonchev–Trinajstić information content (AvgIpc) is 2.73. The summed E-state index contributed by atoms with van der Waals surface area (Å²) in [5, 5.41) is 0. The van der Waals surface area contributed by atoms with E-state index in [9.17, 15) is 9.59 Å². The van der Waals surface area contributed by atoms with Crippen molar-refractivity contribution in [3.63, 3.8) is 0 Å². The Labute approximate surface area is 157 Å². The van der Waals surface area contributed by atoms with Crippen LogP contribution in [0.4, 0.5) is 0 Å². The lowest BCUT2D eigenvalue weighted by Gasteiger charge is -2.08. The van der Waals surface area contributed by atoms with Crippen LogP contribution in [0.3, 0.4) is 0 Å². The van der Waals surface area contributed by atoms with Crippen LogP contribution in [-0.2, 0) is 9.53 Å². The van der Waals surface area contributed by atoms with Crippen LogP contribution in [0.25, 0.3) is 11.1 Å². The fourth-order valence-electron chi connectivity index (χ4n) is 2.45. The van der Waals surface area contributed by atoms with Gasteiger partial charge < -0.3 is 14.2 Å². The number of ether oxygens (including phenoxy) is 3. The number of rotatable bonds is 6. The Morgan fingerprint density at radius 1 is 0.741 bits per heavy atom. The third-order valence-electron chi connectivity index (χ3n) is 3.83. The van der Waals surface area contributed by atoms with E-state index >= 15 is 0 Å². The van der Waals surface area contributed by atoms with Crippen LogP contribution in [0.1, 0.15) is 10.4 Å². The number of hydrogen-bond donors (Lipinski definition) is 0. The summed E-state index contributed by atoms with van der Waals surface area (Å²) >= 11 is 0. The molecule has 0 aliphatic rings. The Morgan fingerprint density at radius 2 is 1.33 bits per heavy atom. The monoisotopic (exact) mass is 362 g/mol. The first kappa shape index (κ1) is 18.2. The summed E-state index contributed by atoms with van der Waals surface area (Å²) in [4.78, 5) is 23.3. The molecule has 5 heteroatoms. The van der Waals surface area contributed by atoms with Crippen LogP contribution in [0.15, 0.2) is 78.9 Å². The quantitative estimate of drug-likeness (QED) is 0.487. The molecule has 0 aromatic heterocycles. The third-order valence-corrected chi connectivity index (χ3v) is 3.83. The summed E-state index contributed by atoms with van der Waals surface area (Å²) in [6.45, 7) is -0.219. The van der Waals surface area contributed by atoms with Crippen molar-refractivity contribution >= 4 is 11.9 Å². The minimum absolute atomic E-state index is 0.219. The van der Waals surface area contributed by atoms with Crippen molar-refractivity contribution in [1.29, 1.82) is 0 Å². The molecule has 0 saturated carbocycles. The normalized spacial score (nSPS) is 10.1. The number of methoxy groups -OCH3 is 1. The lowest BCUT2D eigenvalue weighted by atomic mass is 10.1. The van der Waals surface area contributed by atoms with Crippen molar-refractivity contribution in [2.45, 2.75) is 0 Å². The standard InChI is InChI=1S/C22H18O5/c1-25-22(24)18-9-13-20(14-10-18)27-21(23)15-26-19-11-7-17(8-12-19)16-5-3-2-4-6-16/h2-14H,15H2,1H3. The van der Waals surface area contributed by atoms with E-state index in [4.69, 9.17) is 9.47 Å². The smallest absolute Gasteiger partial charge is 0.349 e. The molecule has 0 fully saturated rings. The Balaban J connectivity index is 1.52. The lowest BCUT2D eigenvalue weighted by molar-refractivity contribution is -0.136. The van der Waals surface area contributed by atoms with Crippen molar-refractivity contribution in [3.8, 4) is 22.6 Å². The average molecular weight is 362 g/mol. The fraction of sp³-hybridized carbons (Fsp3) is 0.0909. The van der Waals surface area contributed by atoms with E-state index in [0.29, 0.717) is 17.1 Å². The molecule has 136 valence electrons. The second-order valence-electron chi connectivity index (χ2n) is 5.67. The molecule has 3 rings (SSSR count). The zero-order chi connectivity index (χ0) is 19.1. The molecular formula is C22H18O5. The maximum Gasteiger partial charge on any atom is 0.349 e.